The molecule has 106 valence electrons. The minimum absolute atomic E-state index is 0.0919. The Morgan fingerprint density at radius 3 is 2.09 bits per heavy atom. The third-order valence-corrected chi connectivity index (χ3v) is 5.50. The minimum atomic E-state index is 0.0919. The van der Waals surface area contributed by atoms with Gasteiger partial charge >= 0.3 is 0 Å². The number of aryl methyl sites for hydroxylation is 1. The molecule has 2 aromatic carbocycles. The van der Waals surface area contributed by atoms with E-state index in [0.717, 1.165) is 12.8 Å². The first-order valence-electron chi connectivity index (χ1n) is 7.92. The molecule has 1 heteroatoms. The predicted octanol–water partition coefficient (Wildman–Crippen LogP) is 4.46. The third kappa shape index (κ3) is 1.36. The molecular formula is C21H17N. The van der Waals surface area contributed by atoms with Crippen LogP contribution in [0.1, 0.15) is 27.9 Å². The summed E-state index contributed by atoms with van der Waals surface area (Å²) in [7, 11) is 0. The van der Waals surface area contributed by atoms with Crippen molar-refractivity contribution in [3.8, 4) is 11.1 Å². The van der Waals surface area contributed by atoms with Gasteiger partial charge in [-0.1, -0.05) is 48.5 Å². The zero-order valence-corrected chi connectivity index (χ0v) is 12.6. The maximum atomic E-state index is 4.68. The Labute approximate surface area is 130 Å². The molecule has 0 amide bonds. The Balaban J connectivity index is 1.82. The summed E-state index contributed by atoms with van der Waals surface area (Å²) in [6.45, 7) is 2.21. The van der Waals surface area contributed by atoms with Crippen LogP contribution in [0, 0.1) is 6.92 Å². The Bertz CT molecular complexity index is 862. The molecule has 1 nitrogen and oxygen atoms in total. The average molecular weight is 283 g/mol. The summed E-state index contributed by atoms with van der Waals surface area (Å²) in [5, 5.41) is 0. The lowest BCUT2D eigenvalue weighted by atomic mass is 9.76. The van der Waals surface area contributed by atoms with Gasteiger partial charge < -0.3 is 0 Å². The minimum Gasteiger partial charge on any atom is -0.261 e. The quantitative estimate of drug-likeness (QED) is 0.594. The van der Waals surface area contributed by atoms with Crippen molar-refractivity contribution in [3.63, 3.8) is 0 Å². The van der Waals surface area contributed by atoms with Crippen LogP contribution in [0.25, 0.3) is 11.1 Å². The summed E-state index contributed by atoms with van der Waals surface area (Å²) >= 11 is 0. The molecule has 5 rings (SSSR count). The van der Waals surface area contributed by atoms with Gasteiger partial charge in [-0.25, -0.2) is 0 Å². The molecule has 0 saturated carbocycles. The van der Waals surface area contributed by atoms with Crippen LogP contribution in [-0.4, -0.2) is 4.98 Å². The van der Waals surface area contributed by atoms with Crippen LogP contribution < -0.4 is 0 Å². The van der Waals surface area contributed by atoms with Gasteiger partial charge in [0, 0.05) is 23.7 Å². The molecule has 0 atom stereocenters. The van der Waals surface area contributed by atoms with Crippen molar-refractivity contribution in [1.82, 2.24) is 4.98 Å². The zero-order valence-electron chi connectivity index (χ0n) is 12.6. The molecule has 2 aliphatic rings. The van der Waals surface area contributed by atoms with Crippen molar-refractivity contribution in [1.29, 1.82) is 0 Å². The fourth-order valence-corrected chi connectivity index (χ4v) is 4.49. The highest BCUT2D eigenvalue weighted by Crippen LogP contribution is 2.55. The molecule has 1 heterocycles. The van der Waals surface area contributed by atoms with E-state index >= 15 is 0 Å². The van der Waals surface area contributed by atoms with E-state index in [-0.39, 0.29) is 5.41 Å². The molecule has 2 aliphatic carbocycles. The molecule has 22 heavy (non-hydrogen) atoms. The molecule has 1 aromatic heterocycles. The van der Waals surface area contributed by atoms with Gasteiger partial charge in [0.05, 0.1) is 0 Å². The van der Waals surface area contributed by atoms with Gasteiger partial charge in [-0.3, -0.25) is 4.98 Å². The van der Waals surface area contributed by atoms with Gasteiger partial charge in [0.25, 0.3) is 0 Å². The van der Waals surface area contributed by atoms with Crippen LogP contribution in [-0.2, 0) is 18.3 Å². The highest BCUT2D eigenvalue weighted by molar-refractivity contribution is 5.82. The number of aromatic nitrogens is 1. The van der Waals surface area contributed by atoms with Crippen molar-refractivity contribution < 1.29 is 0 Å². The van der Waals surface area contributed by atoms with Crippen molar-refractivity contribution >= 4 is 0 Å². The lowest BCUT2D eigenvalue weighted by molar-refractivity contribution is 0.560. The van der Waals surface area contributed by atoms with Crippen LogP contribution in [0.5, 0.6) is 0 Å². The molecule has 0 aliphatic heterocycles. The number of benzene rings is 2. The first kappa shape index (κ1) is 12.2. The molecule has 0 N–H and O–H groups in total. The van der Waals surface area contributed by atoms with E-state index in [0.29, 0.717) is 0 Å². The van der Waals surface area contributed by atoms with E-state index in [2.05, 4.69) is 66.5 Å². The van der Waals surface area contributed by atoms with Crippen LogP contribution in [0.2, 0.25) is 0 Å². The molecule has 3 aromatic rings. The SMILES string of the molecule is Cc1ccnc2c1CC1(C2)c2ccccc2-c2ccccc21. The largest absolute Gasteiger partial charge is 0.261 e. The molecular weight excluding hydrogens is 266 g/mol. The standard InChI is InChI=1S/C21H17N/c1-14-10-11-22-20-13-21(12-17(14)20)18-8-4-2-6-15(18)16-7-3-5-9-19(16)21/h2-11H,12-13H2,1H3. The average Bonchev–Trinajstić information content (AvgIpc) is 3.08. The monoisotopic (exact) mass is 283 g/mol. The maximum absolute atomic E-state index is 4.68. The van der Waals surface area contributed by atoms with Crippen molar-refractivity contribution in [2.75, 3.05) is 0 Å². The Morgan fingerprint density at radius 2 is 1.45 bits per heavy atom. The number of hydrogen-bond donors (Lipinski definition) is 0. The predicted molar refractivity (Wildman–Crippen MR) is 89.0 cm³/mol. The molecule has 0 radical (unpaired) electrons. The second-order valence-electron chi connectivity index (χ2n) is 6.58. The van der Waals surface area contributed by atoms with Gasteiger partial charge in [-0.2, -0.15) is 0 Å². The summed E-state index contributed by atoms with van der Waals surface area (Å²) in [6, 6.07) is 20.0. The van der Waals surface area contributed by atoms with E-state index in [1.807, 2.05) is 6.20 Å². The second-order valence-corrected chi connectivity index (χ2v) is 6.58. The van der Waals surface area contributed by atoms with E-state index < -0.39 is 0 Å². The van der Waals surface area contributed by atoms with Crippen LogP contribution in [0.3, 0.4) is 0 Å². The third-order valence-electron chi connectivity index (χ3n) is 5.50. The highest BCUT2D eigenvalue weighted by atomic mass is 14.7. The Morgan fingerprint density at radius 1 is 0.818 bits per heavy atom. The maximum Gasteiger partial charge on any atom is 0.0451 e. The first-order chi connectivity index (χ1) is 10.8. The second kappa shape index (κ2) is 4.07. The lowest BCUT2D eigenvalue weighted by Gasteiger charge is -2.26. The summed E-state index contributed by atoms with van der Waals surface area (Å²) in [6.07, 6.45) is 4.06. The van der Waals surface area contributed by atoms with Crippen molar-refractivity contribution in [2.24, 2.45) is 0 Å². The van der Waals surface area contributed by atoms with Crippen LogP contribution >= 0.6 is 0 Å². The number of nitrogens with zero attached hydrogens (tertiary/aromatic N) is 1. The van der Waals surface area contributed by atoms with E-state index in [9.17, 15) is 0 Å². The van der Waals surface area contributed by atoms with E-state index in [1.54, 1.807) is 0 Å². The number of rotatable bonds is 0. The first-order valence-corrected chi connectivity index (χ1v) is 7.92. The van der Waals surface area contributed by atoms with Crippen LogP contribution in [0.4, 0.5) is 0 Å². The molecule has 0 saturated heterocycles. The lowest BCUT2D eigenvalue weighted by Crippen LogP contribution is -2.25. The molecule has 0 unspecified atom stereocenters. The van der Waals surface area contributed by atoms with Gasteiger partial charge in [0.15, 0.2) is 0 Å². The van der Waals surface area contributed by atoms with Crippen LogP contribution in [0.15, 0.2) is 60.8 Å². The number of hydrogen-bond acceptors (Lipinski definition) is 1. The zero-order chi connectivity index (χ0) is 14.7. The fraction of sp³-hybridized carbons (Fsp3) is 0.190. The Kier molecular flexibility index (Phi) is 2.25. The van der Waals surface area contributed by atoms with Crippen molar-refractivity contribution in [3.05, 3.63) is 88.7 Å². The number of pyridine rings is 1. The van der Waals surface area contributed by atoms with Gasteiger partial charge in [0.2, 0.25) is 0 Å². The Hall–Kier alpha value is -2.41. The van der Waals surface area contributed by atoms with E-state index in [4.69, 9.17) is 0 Å². The highest BCUT2D eigenvalue weighted by Gasteiger charge is 2.47. The van der Waals surface area contributed by atoms with Gasteiger partial charge in [-0.15, -0.1) is 0 Å². The van der Waals surface area contributed by atoms with E-state index in [1.165, 1.54) is 39.1 Å². The number of fused-ring (bicyclic) bond motifs is 6. The normalized spacial score (nSPS) is 16.4. The summed E-state index contributed by atoms with van der Waals surface area (Å²) in [5.74, 6) is 0. The summed E-state index contributed by atoms with van der Waals surface area (Å²) in [5.41, 5.74) is 9.98. The fourth-order valence-electron chi connectivity index (χ4n) is 4.49. The molecule has 0 fully saturated rings. The van der Waals surface area contributed by atoms with Crippen molar-refractivity contribution in [2.45, 2.75) is 25.2 Å². The molecule has 0 bridgehead atoms. The topological polar surface area (TPSA) is 12.9 Å². The smallest absolute Gasteiger partial charge is 0.0451 e. The van der Waals surface area contributed by atoms with Gasteiger partial charge in [0.1, 0.15) is 0 Å². The summed E-state index contributed by atoms with van der Waals surface area (Å²) in [4.78, 5) is 4.68. The van der Waals surface area contributed by atoms with Gasteiger partial charge in [-0.05, 0) is 52.8 Å². The summed E-state index contributed by atoms with van der Waals surface area (Å²) < 4.78 is 0. The molecule has 1 spiro atoms.